The molecule has 4 saturated heterocycles. The molecule has 0 bridgehead atoms. The molecule has 4 aliphatic heterocycles. The largest absolute Gasteiger partial charge is 0.508 e. The van der Waals surface area contributed by atoms with Gasteiger partial charge in [0.05, 0.1) is 34.7 Å². The van der Waals surface area contributed by atoms with Gasteiger partial charge in [0, 0.05) is 93.4 Å². The van der Waals surface area contributed by atoms with Crippen LogP contribution in [0.25, 0.3) is 43.8 Å². The van der Waals surface area contributed by atoms with E-state index in [4.69, 9.17) is 19.8 Å². The van der Waals surface area contributed by atoms with Gasteiger partial charge in [-0.3, -0.25) is 19.4 Å². The first-order valence-corrected chi connectivity index (χ1v) is 26.7. The quantitative estimate of drug-likeness (QED) is 0.108. The van der Waals surface area contributed by atoms with Gasteiger partial charge in [-0.25, -0.2) is 13.2 Å². The van der Waals surface area contributed by atoms with Crippen molar-refractivity contribution in [1.29, 1.82) is 0 Å². The van der Waals surface area contributed by atoms with Crippen LogP contribution in [0, 0.1) is 22.5 Å². The predicted octanol–water partition coefficient (Wildman–Crippen LogP) is 8.70. The van der Waals surface area contributed by atoms with E-state index < -0.39 is 22.9 Å². The number of piperazine rings is 1. The Morgan fingerprint density at radius 2 is 1.68 bits per heavy atom. The second-order valence-corrected chi connectivity index (χ2v) is 23.2. The molecule has 6 aromatic rings. The molecular weight excluding hydrogens is 946 g/mol. The van der Waals surface area contributed by atoms with E-state index in [-0.39, 0.29) is 57.7 Å². The fourth-order valence-electron chi connectivity index (χ4n) is 13.4. The number of nitrogens with zero attached hydrogens (tertiary/aromatic N) is 9. The molecule has 1 amide bonds. The van der Waals surface area contributed by atoms with E-state index in [0.717, 1.165) is 106 Å². The van der Waals surface area contributed by atoms with E-state index in [1.165, 1.54) is 24.4 Å². The van der Waals surface area contributed by atoms with Gasteiger partial charge in [-0.15, -0.1) is 0 Å². The molecule has 2 saturated carbocycles. The maximum absolute atomic E-state index is 17.2. The number of aromatic nitrogens is 5. The third-order valence-electron chi connectivity index (χ3n) is 17.5. The minimum atomic E-state index is -1.18. The molecule has 14 nitrogen and oxygen atoms in total. The summed E-state index contributed by atoms with van der Waals surface area (Å²) in [5, 5.41) is 32.0. The number of ether oxygens (including phenoxy) is 1. The lowest BCUT2D eigenvalue weighted by Crippen LogP contribution is -2.60. The molecule has 3 N–H and O–H groups in total. The Kier molecular flexibility index (Phi) is 12.1. The van der Waals surface area contributed by atoms with E-state index in [1.54, 1.807) is 13.0 Å². The number of nitrogens with one attached hydrogen (secondary N) is 1. The van der Waals surface area contributed by atoms with Crippen molar-refractivity contribution >= 4 is 50.0 Å². The van der Waals surface area contributed by atoms with Crippen molar-refractivity contribution in [3.63, 3.8) is 0 Å². The molecule has 1 unspecified atom stereocenters. The molecule has 2 aliphatic carbocycles. The molecule has 0 radical (unpaired) electrons. The number of aromatic hydroxyl groups is 1. The highest BCUT2D eigenvalue weighted by Gasteiger charge is 2.57. The van der Waals surface area contributed by atoms with Crippen LogP contribution in [0.5, 0.6) is 11.8 Å². The number of fused-ring (bicyclic) bond motifs is 3. The number of halogens is 3. The van der Waals surface area contributed by atoms with E-state index >= 15 is 13.2 Å². The molecule has 2 atom stereocenters. The van der Waals surface area contributed by atoms with Crippen molar-refractivity contribution in [2.45, 2.75) is 102 Å². The second kappa shape index (κ2) is 18.4. The predicted molar refractivity (Wildman–Crippen MR) is 280 cm³/mol. The lowest BCUT2D eigenvalue weighted by Gasteiger charge is -2.57. The number of phenols is 1. The Labute approximate surface area is 429 Å². The Morgan fingerprint density at radius 1 is 0.905 bits per heavy atom. The molecule has 17 heteroatoms. The van der Waals surface area contributed by atoms with Gasteiger partial charge in [0.25, 0.3) is 0 Å². The average molecular weight is 1010 g/mol. The van der Waals surface area contributed by atoms with Crippen LogP contribution in [-0.4, -0.2) is 134 Å². The minimum absolute atomic E-state index is 0.00174. The molecule has 390 valence electrons. The van der Waals surface area contributed by atoms with Crippen LogP contribution >= 0.6 is 0 Å². The number of anilines is 2. The Morgan fingerprint density at radius 3 is 2.41 bits per heavy atom. The first kappa shape index (κ1) is 48.9. The number of amides is 1. The highest BCUT2D eigenvalue weighted by Crippen LogP contribution is 2.58. The molecule has 6 aliphatic rings. The number of benzene rings is 3. The van der Waals surface area contributed by atoms with E-state index in [9.17, 15) is 15.0 Å². The number of alkyl halides is 1. The molecular formula is C57H67F3N10O4. The van der Waals surface area contributed by atoms with Crippen LogP contribution in [0.4, 0.5) is 24.7 Å². The van der Waals surface area contributed by atoms with Gasteiger partial charge >= 0.3 is 6.01 Å². The van der Waals surface area contributed by atoms with Gasteiger partial charge < -0.3 is 35.0 Å². The topological polar surface area (TPSA) is 148 Å². The summed E-state index contributed by atoms with van der Waals surface area (Å²) in [7, 11) is 1.93. The molecule has 6 fully saturated rings. The Bertz CT molecular complexity index is 3210. The summed E-state index contributed by atoms with van der Waals surface area (Å²) in [6, 6.07) is 12.3. The van der Waals surface area contributed by atoms with Crippen molar-refractivity contribution in [2.24, 2.45) is 17.9 Å². The summed E-state index contributed by atoms with van der Waals surface area (Å²) >= 11 is 0. The minimum Gasteiger partial charge on any atom is -0.508 e. The van der Waals surface area contributed by atoms with Crippen molar-refractivity contribution in [3.05, 3.63) is 83.8 Å². The Hall–Kier alpha value is -6.04. The number of likely N-dealkylation sites (tertiary alicyclic amines) is 1. The van der Waals surface area contributed by atoms with Gasteiger partial charge in [0.2, 0.25) is 5.91 Å². The van der Waals surface area contributed by atoms with Gasteiger partial charge in [0.15, 0.2) is 5.82 Å². The zero-order valence-corrected chi connectivity index (χ0v) is 42.8. The van der Waals surface area contributed by atoms with E-state index in [0.29, 0.717) is 85.8 Å². The van der Waals surface area contributed by atoms with Crippen LogP contribution in [0.15, 0.2) is 60.9 Å². The summed E-state index contributed by atoms with van der Waals surface area (Å²) in [5.41, 5.74) is 2.06. The molecule has 74 heavy (non-hydrogen) atoms. The number of carbonyl (C=O) groups excluding carboxylic acids is 1. The van der Waals surface area contributed by atoms with Crippen molar-refractivity contribution in [3.8, 4) is 23.0 Å². The maximum Gasteiger partial charge on any atom is 0.319 e. The summed E-state index contributed by atoms with van der Waals surface area (Å²) in [6.45, 7) is 15.1. The van der Waals surface area contributed by atoms with Gasteiger partial charge in [-0.05, 0) is 149 Å². The summed E-state index contributed by atoms with van der Waals surface area (Å²) in [6.07, 6.45) is 9.77. The highest BCUT2D eigenvalue weighted by atomic mass is 19.1. The second-order valence-electron chi connectivity index (χ2n) is 23.2. The smallest absolute Gasteiger partial charge is 0.319 e. The molecule has 12 rings (SSSR count). The number of β-amino-alcohol motifs (C(OH)–C–C–N with tert-alkyl or cyclic N) is 1. The van der Waals surface area contributed by atoms with Crippen LogP contribution in [0.3, 0.4) is 0 Å². The number of aliphatic hydroxyl groups is 1. The Balaban J connectivity index is 0.676. The van der Waals surface area contributed by atoms with Crippen LogP contribution in [0.2, 0.25) is 0 Å². The van der Waals surface area contributed by atoms with Crippen LogP contribution in [0.1, 0.15) is 95.2 Å². The number of aryl methyl sites for hydroxylation is 2. The number of hydrogen-bond acceptors (Lipinski definition) is 12. The number of hydrogen-bond donors (Lipinski definition) is 3. The van der Waals surface area contributed by atoms with Crippen molar-refractivity contribution in [2.75, 3.05) is 81.9 Å². The standard InChI is InChI=1S/C57H67F3N10O4/c1-5-39-44(58)12-8-36-25-38(71)27-42(46(36)39)49-47(59)50-43(28-61-49)51(70-18-6-13-54(3,73)31-70)64-53(63-50)74-34-56(14-15-56)32-67-19-16-55(17-20-67)29-57(60,30-55)33-68-21-23-69(24-22-68)37-9-11-40-45(26-37)66(4)65-48(40)41-10-7-35(2)62-52(41)72/h8-9,11-12,25-28,41,71,73H,2,5-7,10,13-24,29-34H2,1,3-4H3,(H,62,72)/t41?,54-/m1/s1. The number of phenolic OH excluding ortho intramolecular Hbond substituents is 1. The normalized spacial score (nSPS) is 24.0. The SMILES string of the molecule is C=C1CCC(c2nn(C)c3cc(N4CCN(CC5(F)CC6(CCN(CC7(COc8nc(N9CCC[C@@](C)(O)C9)c9cnc(-c%10cc(O)cc%11ccc(F)c(CC)c%10%11)c(F)c9n8)CC7)CC6)C5)CC4)ccc23)C(=O)N1. The first-order valence-electron chi connectivity index (χ1n) is 26.7. The third kappa shape index (κ3) is 9.09. The molecule has 3 aromatic heterocycles. The van der Waals surface area contributed by atoms with Gasteiger partial charge in [-0.2, -0.15) is 15.1 Å². The summed E-state index contributed by atoms with van der Waals surface area (Å²) in [4.78, 5) is 36.1. The number of allylic oxidation sites excluding steroid dienone is 1. The highest BCUT2D eigenvalue weighted by molar-refractivity contribution is 6.02. The lowest BCUT2D eigenvalue weighted by molar-refractivity contribution is -0.123. The van der Waals surface area contributed by atoms with Crippen LogP contribution < -0.4 is 19.9 Å². The number of carbonyl (C=O) groups is 1. The molecule has 1 spiro atoms. The lowest BCUT2D eigenvalue weighted by atomic mass is 9.55. The fourth-order valence-corrected chi connectivity index (χ4v) is 13.4. The van der Waals surface area contributed by atoms with Crippen molar-refractivity contribution < 1.29 is 32.9 Å². The third-order valence-corrected chi connectivity index (χ3v) is 17.5. The average Bonchev–Trinajstić information content (AvgIpc) is 4.06. The zero-order valence-electron chi connectivity index (χ0n) is 42.8. The number of piperidine rings is 3. The van der Waals surface area contributed by atoms with E-state index in [2.05, 4.69) is 49.8 Å². The zero-order chi connectivity index (χ0) is 51.3. The monoisotopic (exact) mass is 1010 g/mol. The number of pyridine rings is 1. The first-order chi connectivity index (χ1) is 35.5. The fraction of sp³-hybridized carbons (Fsp3) is 0.526. The van der Waals surface area contributed by atoms with E-state index in [1.807, 2.05) is 23.6 Å². The summed E-state index contributed by atoms with van der Waals surface area (Å²) in [5.74, 6) is -1.15. The van der Waals surface area contributed by atoms with Crippen molar-refractivity contribution in [1.82, 2.24) is 39.8 Å². The number of rotatable bonds is 12. The van der Waals surface area contributed by atoms with Crippen LogP contribution in [-0.2, 0) is 18.3 Å². The molecule has 7 heterocycles. The van der Waals surface area contributed by atoms with Gasteiger partial charge in [0.1, 0.15) is 34.3 Å². The van der Waals surface area contributed by atoms with Gasteiger partial charge in [-0.1, -0.05) is 19.6 Å². The summed E-state index contributed by atoms with van der Waals surface area (Å²) < 4.78 is 57.2. The molecule has 3 aromatic carbocycles. The maximum atomic E-state index is 17.2.